The summed E-state index contributed by atoms with van der Waals surface area (Å²) < 4.78 is 0.841. The fraction of sp³-hybridized carbons (Fsp3) is 0.667. The number of nitrogens with zero attached hydrogens (tertiary/aromatic N) is 1. The molecular formula is C12H16N2S2. The van der Waals surface area contributed by atoms with Crippen LogP contribution >= 0.6 is 24.0 Å². The molecule has 1 aromatic rings. The molecule has 3 rings (SSSR count). The number of hydrogen-bond donors (Lipinski definition) is 1. The third-order valence-electron chi connectivity index (χ3n) is 3.70. The molecule has 2 unspecified atom stereocenters. The molecule has 0 radical (unpaired) electrons. The van der Waals surface area contributed by atoms with Gasteiger partial charge < -0.3 is 4.98 Å². The fourth-order valence-corrected chi connectivity index (χ4v) is 4.19. The third kappa shape index (κ3) is 1.82. The van der Waals surface area contributed by atoms with Gasteiger partial charge in [-0.3, -0.25) is 0 Å². The lowest BCUT2D eigenvalue weighted by Gasteiger charge is -2.11. The first-order chi connectivity index (χ1) is 7.74. The van der Waals surface area contributed by atoms with Crippen LogP contribution < -0.4 is 0 Å². The summed E-state index contributed by atoms with van der Waals surface area (Å²) in [6, 6.07) is 0. The Balaban J connectivity index is 1.97. The Morgan fingerprint density at radius 3 is 3.00 bits per heavy atom. The van der Waals surface area contributed by atoms with E-state index in [9.17, 15) is 0 Å². The minimum Gasteiger partial charge on any atom is -0.346 e. The van der Waals surface area contributed by atoms with E-state index in [-0.39, 0.29) is 0 Å². The number of aromatic nitrogens is 2. The lowest BCUT2D eigenvalue weighted by Crippen LogP contribution is -2.05. The molecule has 0 bridgehead atoms. The van der Waals surface area contributed by atoms with Crippen molar-refractivity contribution in [2.24, 2.45) is 5.92 Å². The second-order valence-corrected chi connectivity index (χ2v) is 6.36. The standard InChI is InChI=1S/C12H16N2S2/c1-7-2-3-8(4-7)11-13-10-6-16-5-9(10)12(15)14-11/h7-8H,2-6H2,1H3,(H,13,14,15). The lowest BCUT2D eigenvalue weighted by atomic mass is 10.1. The van der Waals surface area contributed by atoms with Gasteiger partial charge in [0.05, 0.1) is 0 Å². The Labute approximate surface area is 105 Å². The number of H-pyrrole nitrogens is 1. The van der Waals surface area contributed by atoms with Gasteiger partial charge in [0.25, 0.3) is 0 Å². The smallest absolute Gasteiger partial charge is 0.134 e. The van der Waals surface area contributed by atoms with Gasteiger partial charge in [-0.15, -0.1) is 0 Å². The van der Waals surface area contributed by atoms with Gasteiger partial charge in [-0.25, -0.2) is 4.98 Å². The Hall–Kier alpha value is -0.350. The van der Waals surface area contributed by atoms with Gasteiger partial charge in [0, 0.05) is 28.7 Å². The van der Waals surface area contributed by atoms with E-state index in [1.165, 1.54) is 30.5 Å². The lowest BCUT2D eigenvalue weighted by molar-refractivity contribution is 0.583. The normalized spacial score (nSPS) is 28.3. The first-order valence-corrected chi connectivity index (χ1v) is 7.50. The maximum atomic E-state index is 5.39. The second kappa shape index (κ2) is 4.15. The van der Waals surface area contributed by atoms with Crippen LogP contribution in [-0.4, -0.2) is 9.97 Å². The summed E-state index contributed by atoms with van der Waals surface area (Å²) in [6.07, 6.45) is 3.87. The molecule has 0 amide bonds. The molecule has 0 saturated heterocycles. The average molecular weight is 252 g/mol. The van der Waals surface area contributed by atoms with Crippen molar-refractivity contribution >= 4 is 24.0 Å². The molecule has 1 N–H and O–H groups in total. The minimum atomic E-state index is 0.618. The largest absolute Gasteiger partial charge is 0.346 e. The van der Waals surface area contributed by atoms with Gasteiger partial charge in [0.1, 0.15) is 10.5 Å². The van der Waals surface area contributed by atoms with Crippen LogP contribution in [0, 0.1) is 10.6 Å². The fourth-order valence-electron chi connectivity index (χ4n) is 2.74. The monoisotopic (exact) mass is 252 g/mol. The van der Waals surface area contributed by atoms with Gasteiger partial charge >= 0.3 is 0 Å². The van der Waals surface area contributed by atoms with Crippen LogP contribution in [0.25, 0.3) is 0 Å². The zero-order valence-electron chi connectivity index (χ0n) is 9.45. The zero-order chi connectivity index (χ0) is 11.1. The van der Waals surface area contributed by atoms with Gasteiger partial charge in [-0.05, 0) is 25.2 Å². The summed E-state index contributed by atoms with van der Waals surface area (Å²) in [5.41, 5.74) is 2.61. The highest BCUT2D eigenvalue weighted by Crippen LogP contribution is 2.37. The van der Waals surface area contributed by atoms with Crippen molar-refractivity contribution in [3.63, 3.8) is 0 Å². The average Bonchev–Trinajstić information content (AvgIpc) is 2.85. The SMILES string of the molecule is CC1CCC(c2nc(=S)c3c([nH]2)CSC3)C1. The van der Waals surface area contributed by atoms with Crippen molar-refractivity contribution in [3.05, 3.63) is 21.7 Å². The first-order valence-electron chi connectivity index (χ1n) is 5.93. The number of fused-ring (bicyclic) bond motifs is 1. The molecule has 1 aromatic heterocycles. The Kier molecular flexibility index (Phi) is 2.80. The zero-order valence-corrected chi connectivity index (χ0v) is 11.1. The number of hydrogen-bond acceptors (Lipinski definition) is 3. The van der Waals surface area contributed by atoms with E-state index in [0.717, 1.165) is 27.9 Å². The molecule has 2 nitrogen and oxygen atoms in total. The van der Waals surface area contributed by atoms with Crippen molar-refractivity contribution < 1.29 is 0 Å². The minimum absolute atomic E-state index is 0.618. The highest BCUT2D eigenvalue weighted by Gasteiger charge is 2.26. The van der Waals surface area contributed by atoms with Crippen LogP contribution in [0.15, 0.2) is 0 Å². The van der Waals surface area contributed by atoms with Crippen molar-refractivity contribution in [2.75, 3.05) is 0 Å². The molecule has 1 aliphatic carbocycles. The molecule has 1 saturated carbocycles. The first kappa shape index (κ1) is 10.8. The molecule has 4 heteroatoms. The van der Waals surface area contributed by atoms with Gasteiger partial charge in [0.2, 0.25) is 0 Å². The predicted octanol–water partition coefficient (Wildman–Crippen LogP) is 3.79. The van der Waals surface area contributed by atoms with Crippen LogP contribution in [0.2, 0.25) is 0 Å². The van der Waals surface area contributed by atoms with Crippen LogP contribution in [0.3, 0.4) is 0 Å². The molecule has 0 aromatic carbocycles. The van der Waals surface area contributed by atoms with Gasteiger partial charge in [-0.1, -0.05) is 19.1 Å². The Morgan fingerprint density at radius 1 is 1.38 bits per heavy atom. The predicted molar refractivity (Wildman–Crippen MR) is 70.2 cm³/mol. The topological polar surface area (TPSA) is 28.7 Å². The van der Waals surface area contributed by atoms with Crippen LogP contribution in [-0.2, 0) is 11.5 Å². The van der Waals surface area contributed by atoms with Crippen molar-refractivity contribution in [1.82, 2.24) is 9.97 Å². The van der Waals surface area contributed by atoms with E-state index in [1.54, 1.807) is 0 Å². The molecule has 2 heterocycles. The highest BCUT2D eigenvalue weighted by molar-refractivity contribution is 7.98. The van der Waals surface area contributed by atoms with Crippen LogP contribution in [0.1, 0.15) is 49.2 Å². The number of aromatic amines is 1. The summed E-state index contributed by atoms with van der Waals surface area (Å²) in [7, 11) is 0. The summed E-state index contributed by atoms with van der Waals surface area (Å²) in [4.78, 5) is 8.14. The highest BCUT2D eigenvalue weighted by atomic mass is 32.2. The van der Waals surface area contributed by atoms with Crippen LogP contribution in [0.4, 0.5) is 0 Å². The van der Waals surface area contributed by atoms with Crippen LogP contribution in [0.5, 0.6) is 0 Å². The van der Waals surface area contributed by atoms with E-state index in [0.29, 0.717) is 5.92 Å². The van der Waals surface area contributed by atoms with Crippen molar-refractivity contribution in [2.45, 2.75) is 43.6 Å². The molecule has 2 atom stereocenters. The third-order valence-corrected chi connectivity index (χ3v) is 5.02. The Bertz CT molecular complexity index is 467. The van der Waals surface area contributed by atoms with E-state index in [2.05, 4.69) is 16.9 Å². The molecular weight excluding hydrogens is 236 g/mol. The number of nitrogens with one attached hydrogen (secondary N) is 1. The maximum Gasteiger partial charge on any atom is 0.134 e. The second-order valence-electron chi connectivity index (χ2n) is 4.99. The summed E-state index contributed by atoms with van der Waals surface area (Å²) in [5, 5.41) is 0. The molecule has 2 aliphatic rings. The van der Waals surface area contributed by atoms with E-state index >= 15 is 0 Å². The van der Waals surface area contributed by atoms with Gasteiger partial charge in [-0.2, -0.15) is 11.8 Å². The maximum absolute atomic E-state index is 5.39. The summed E-state index contributed by atoms with van der Waals surface area (Å²) >= 11 is 7.32. The van der Waals surface area contributed by atoms with Crippen molar-refractivity contribution in [3.8, 4) is 0 Å². The summed E-state index contributed by atoms with van der Waals surface area (Å²) in [6.45, 7) is 2.33. The van der Waals surface area contributed by atoms with Crippen molar-refractivity contribution in [1.29, 1.82) is 0 Å². The number of rotatable bonds is 1. The molecule has 86 valence electrons. The summed E-state index contributed by atoms with van der Waals surface area (Å²) in [5.74, 6) is 4.73. The molecule has 1 aliphatic heterocycles. The molecule has 0 spiro atoms. The van der Waals surface area contributed by atoms with E-state index in [1.807, 2.05) is 11.8 Å². The molecule has 16 heavy (non-hydrogen) atoms. The quantitative estimate of drug-likeness (QED) is 0.771. The van der Waals surface area contributed by atoms with Gasteiger partial charge in [0.15, 0.2) is 0 Å². The van der Waals surface area contributed by atoms with E-state index in [4.69, 9.17) is 12.2 Å². The Morgan fingerprint density at radius 2 is 2.25 bits per heavy atom. The molecule has 1 fully saturated rings. The number of thioether (sulfide) groups is 1. The van der Waals surface area contributed by atoms with E-state index < -0.39 is 0 Å².